The minimum Gasteiger partial charge on any atom is -0.346 e. The van der Waals surface area contributed by atoms with E-state index in [4.69, 9.17) is 11.6 Å². The third-order valence-electron chi connectivity index (χ3n) is 2.90. The van der Waals surface area contributed by atoms with Crippen LogP contribution in [0.4, 0.5) is 0 Å². The van der Waals surface area contributed by atoms with Gasteiger partial charge in [0, 0.05) is 17.5 Å². The number of rotatable bonds is 5. The minimum atomic E-state index is -0.262. The molecular weight excluding hydrogens is 276 g/mol. The first-order chi connectivity index (χ1) is 9.58. The van der Waals surface area contributed by atoms with E-state index in [0.717, 1.165) is 18.4 Å². The molecule has 1 aromatic carbocycles. The van der Waals surface area contributed by atoms with E-state index in [0.29, 0.717) is 10.8 Å². The van der Waals surface area contributed by atoms with Crippen molar-refractivity contribution < 1.29 is 4.79 Å². The Bertz CT molecular complexity index is 579. The number of aromatic amines is 1. The number of aryl methyl sites for hydroxylation is 1. The lowest BCUT2D eigenvalue weighted by atomic mass is 10.1. The fourth-order valence-corrected chi connectivity index (χ4v) is 1.99. The van der Waals surface area contributed by atoms with E-state index in [1.54, 1.807) is 0 Å². The van der Waals surface area contributed by atoms with E-state index < -0.39 is 0 Å². The van der Waals surface area contributed by atoms with E-state index in [1.807, 2.05) is 38.1 Å². The first-order valence-corrected chi connectivity index (χ1v) is 6.93. The van der Waals surface area contributed by atoms with Gasteiger partial charge in [0.15, 0.2) is 0 Å². The molecule has 0 saturated heterocycles. The summed E-state index contributed by atoms with van der Waals surface area (Å²) in [5, 5.41) is 10.2. The first-order valence-electron chi connectivity index (χ1n) is 6.55. The van der Waals surface area contributed by atoms with E-state index in [2.05, 4.69) is 20.5 Å². The second-order valence-electron chi connectivity index (χ2n) is 4.66. The molecule has 1 unspecified atom stereocenters. The highest BCUT2D eigenvalue weighted by Crippen LogP contribution is 2.11. The second kappa shape index (κ2) is 6.52. The maximum absolute atomic E-state index is 12.0. The fraction of sp³-hybridized carbons (Fsp3) is 0.357. The number of amides is 1. The molecule has 0 saturated carbocycles. The molecule has 1 atom stereocenters. The number of carbonyl (C=O) groups is 1. The third kappa shape index (κ3) is 3.81. The molecule has 1 amide bonds. The topological polar surface area (TPSA) is 70.7 Å². The SMILES string of the molecule is CCc1nc(C(=O)NC(C)Cc2ccc(Cl)cc2)n[nH]1. The Morgan fingerprint density at radius 2 is 2.10 bits per heavy atom. The van der Waals surface area contributed by atoms with Crippen LogP contribution in [0.2, 0.25) is 5.02 Å². The quantitative estimate of drug-likeness (QED) is 0.889. The monoisotopic (exact) mass is 292 g/mol. The van der Waals surface area contributed by atoms with Crippen LogP contribution < -0.4 is 5.32 Å². The summed E-state index contributed by atoms with van der Waals surface area (Å²) in [4.78, 5) is 16.1. The number of nitrogens with zero attached hydrogens (tertiary/aromatic N) is 2. The lowest BCUT2D eigenvalue weighted by Crippen LogP contribution is -2.34. The van der Waals surface area contributed by atoms with Gasteiger partial charge in [-0.05, 0) is 31.0 Å². The van der Waals surface area contributed by atoms with E-state index in [-0.39, 0.29) is 17.8 Å². The summed E-state index contributed by atoms with van der Waals surface area (Å²) >= 11 is 5.84. The zero-order chi connectivity index (χ0) is 14.5. The van der Waals surface area contributed by atoms with Crippen LogP contribution in [0.5, 0.6) is 0 Å². The molecule has 5 nitrogen and oxygen atoms in total. The number of H-pyrrole nitrogens is 1. The van der Waals surface area contributed by atoms with Gasteiger partial charge in [0.05, 0.1) is 0 Å². The van der Waals surface area contributed by atoms with Crippen molar-refractivity contribution in [1.82, 2.24) is 20.5 Å². The Morgan fingerprint density at radius 3 is 2.70 bits per heavy atom. The van der Waals surface area contributed by atoms with Crippen molar-refractivity contribution in [2.45, 2.75) is 32.7 Å². The average Bonchev–Trinajstić information content (AvgIpc) is 2.90. The Balaban J connectivity index is 1.92. The number of halogens is 1. The van der Waals surface area contributed by atoms with Crippen molar-refractivity contribution in [2.24, 2.45) is 0 Å². The van der Waals surface area contributed by atoms with Crippen molar-refractivity contribution in [3.63, 3.8) is 0 Å². The Morgan fingerprint density at radius 1 is 1.40 bits per heavy atom. The molecule has 2 rings (SSSR count). The Kier molecular flexibility index (Phi) is 4.74. The van der Waals surface area contributed by atoms with Gasteiger partial charge in [0.2, 0.25) is 5.82 Å². The minimum absolute atomic E-state index is 0.00717. The molecule has 20 heavy (non-hydrogen) atoms. The summed E-state index contributed by atoms with van der Waals surface area (Å²) in [6.45, 7) is 3.89. The number of hydrogen-bond donors (Lipinski definition) is 2. The molecule has 106 valence electrons. The highest BCUT2D eigenvalue weighted by Gasteiger charge is 2.14. The van der Waals surface area contributed by atoms with Gasteiger partial charge in [-0.25, -0.2) is 4.98 Å². The van der Waals surface area contributed by atoms with Crippen molar-refractivity contribution in [2.75, 3.05) is 0 Å². The van der Waals surface area contributed by atoms with E-state index in [1.165, 1.54) is 0 Å². The number of aromatic nitrogens is 3. The van der Waals surface area contributed by atoms with Crippen LogP contribution in [0.25, 0.3) is 0 Å². The largest absolute Gasteiger partial charge is 0.346 e. The highest BCUT2D eigenvalue weighted by atomic mass is 35.5. The van der Waals surface area contributed by atoms with Crippen LogP contribution in [0.15, 0.2) is 24.3 Å². The van der Waals surface area contributed by atoms with Gasteiger partial charge < -0.3 is 5.32 Å². The lowest BCUT2D eigenvalue weighted by molar-refractivity contribution is 0.0930. The molecule has 1 aromatic heterocycles. The molecule has 2 N–H and O–H groups in total. The van der Waals surface area contributed by atoms with Crippen LogP contribution in [-0.2, 0) is 12.8 Å². The van der Waals surface area contributed by atoms with Crippen LogP contribution in [0.1, 0.15) is 35.9 Å². The van der Waals surface area contributed by atoms with Crippen LogP contribution >= 0.6 is 11.6 Å². The standard InChI is InChI=1S/C14H17ClN4O/c1-3-12-17-13(19-18-12)14(20)16-9(2)8-10-4-6-11(15)7-5-10/h4-7,9H,3,8H2,1-2H3,(H,16,20)(H,17,18,19). The van der Waals surface area contributed by atoms with Gasteiger partial charge >= 0.3 is 0 Å². The summed E-state index contributed by atoms with van der Waals surface area (Å²) in [6, 6.07) is 7.58. The molecule has 0 aliphatic rings. The Labute approximate surface area is 122 Å². The van der Waals surface area contributed by atoms with Gasteiger partial charge in [-0.1, -0.05) is 30.7 Å². The predicted octanol–water partition coefficient (Wildman–Crippen LogP) is 2.38. The van der Waals surface area contributed by atoms with Crippen LogP contribution in [0, 0.1) is 0 Å². The number of benzene rings is 1. The van der Waals surface area contributed by atoms with E-state index in [9.17, 15) is 4.79 Å². The molecular formula is C14H17ClN4O. The summed E-state index contributed by atoms with van der Waals surface area (Å²) in [5.74, 6) is 0.632. The molecule has 1 heterocycles. The summed E-state index contributed by atoms with van der Waals surface area (Å²) in [6.07, 6.45) is 1.45. The molecule has 0 bridgehead atoms. The van der Waals surface area contributed by atoms with Crippen molar-refractivity contribution in [1.29, 1.82) is 0 Å². The summed E-state index contributed by atoms with van der Waals surface area (Å²) in [7, 11) is 0. The zero-order valence-corrected chi connectivity index (χ0v) is 12.2. The average molecular weight is 293 g/mol. The normalized spacial score (nSPS) is 12.2. The first kappa shape index (κ1) is 14.5. The molecule has 6 heteroatoms. The van der Waals surface area contributed by atoms with E-state index >= 15 is 0 Å². The van der Waals surface area contributed by atoms with Gasteiger partial charge in [-0.2, -0.15) is 0 Å². The molecule has 0 aliphatic heterocycles. The molecule has 0 radical (unpaired) electrons. The zero-order valence-electron chi connectivity index (χ0n) is 11.5. The smallest absolute Gasteiger partial charge is 0.291 e. The van der Waals surface area contributed by atoms with Crippen LogP contribution in [0.3, 0.4) is 0 Å². The highest BCUT2D eigenvalue weighted by molar-refractivity contribution is 6.30. The number of carbonyl (C=O) groups excluding carboxylic acids is 1. The van der Waals surface area contributed by atoms with Crippen LogP contribution in [-0.4, -0.2) is 27.1 Å². The lowest BCUT2D eigenvalue weighted by Gasteiger charge is -2.12. The maximum Gasteiger partial charge on any atom is 0.291 e. The van der Waals surface area contributed by atoms with Crippen molar-refractivity contribution in [3.8, 4) is 0 Å². The van der Waals surface area contributed by atoms with Gasteiger partial charge in [-0.3, -0.25) is 9.89 Å². The second-order valence-corrected chi connectivity index (χ2v) is 5.10. The summed E-state index contributed by atoms with van der Waals surface area (Å²) in [5.41, 5.74) is 1.12. The number of hydrogen-bond acceptors (Lipinski definition) is 3. The third-order valence-corrected chi connectivity index (χ3v) is 3.15. The maximum atomic E-state index is 12.0. The molecule has 2 aromatic rings. The van der Waals surface area contributed by atoms with Crippen molar-refractivity contribution >= 4 is 17.5 Å². The molecule has 0 fully saturated rings. The predicted molar refractivity (Wildman–Crippen MR) is 77.8 cm³/mol. The number of nitrogens with one attached hydrogen (secondary N) is 2. The van der Waals surface area contributed by atoms with Crippen molar-refractivity contribution in [3.05, 3.63) is 46.5 Å². The summed E-state index contributed by atoms with van der Waals surface area (Å²) < 4.78 is 0. The molecule has 0 spiro atoms. The van der Waals surface area contributed by atoms with Gasteiger partial charge in [0.25, 0.3) is 5.91 Å². The van der Waals surface area contributed by atoms with Gasteiger partial charge in [0.1, 0.15) is 5.82 Å². The fourth-order valence-electron chi connectivity index (χ4n) is 1.87. The molecule has 0 aliphatic carbocycles. The van der Waals surface area contributed by atoms with Gasteiger partial charge in [-0.15, -0.1) is 5.10 Å². The Hall–Kier alpha value is -1.88.